The molecule has 2 aromatic rings. The summed E-state index contributed by atoms with van der Waals surface area (Å²) >= 11 is 0. The first-order valence-electron chi connectivity index (χ1n) is 6.89. The second kappa shape index (κ2) is 6.63. The van der Waals surface area contributed by atoms with Crippen LogP contribution >= 0.6 is 0 Å². The van der Waals surface area contributed by atoms with E-state index in [0.29, 0.717) is 12.1 Å². The summed E-state index contributed by atoms with van der Waals surface area (Å²) in [6, 6.07) is 15.2. The van der Waals surface area contributed by atoms with Crippen LogP contribution in [0.15, 0.2) is 42.5 Å². The Morgan fingerprint density at radius 3 is 2.45 bits per heavy atom. The molecule has 0 saturated carbocycles. The van der Waals surface area contributed by atoms with Gasteiger partial charge >= 0.3 is 0 Å². The quantitative estimate of drug-likeness (QED) is 0.921. The first-order valence-corrected chi connectivity index (χ1v) is 8.95. The van der Waals surface area contributed by atoms with Gasteiger partial charge in [0.05, 0.1) is 17.4 Å². The Hall–Kier alpha value is -2.32. The zero-order valence-electron chi connectivity index (χ0n) is 12.6. The number of anilines is 1. The van der Waals surface area contributed by atoms with Crippen LogP contribution in [-0.2, 0) is 22.1 Å². The van der Waals surface area contributed by atoms with Crippen molar-refractivity contribution in [3.05, 3.63) is 64.7 Å². The van der Waals surface area contributed by atoms with Gasteiger partial charge in [0.2, 0.25) is 0 Å². The van der Waals surface area contributed by atoms with Crippen molar-refractivity contribution in [1.29, 1.82) is 5.26 Å². The van der Waals surface area contributed by atoms with E-state index in [1.54, 1.807) is 6.07 Å². The van der Waals surface area contributed by atoms with Crippen molar-refractivity contribution < 1.29 is 8.42 Å². The monoisotopic (exact) mass is 314 g/mol. The molecule has 0 aliphatic carbocycles. The van der Waals surface area contributed by atoms with Crippen molar-refractivity contribution >= 4 is 15.5 Å². The highest BCUT2D eigenvalue weighted by molar-refractivity contribution is 7.89. The van der Waals surface area contributed by atoms with Gasteiger partial charge in [0, 0.05) is 18.5 Å². The molecule has 0 saturated heterocycles. The van der Waals surface area contributed by atoms with Crippen molar-refractivity contribution in [3.8, 4) is 6.07 Å². The summed E-state index contributed by atoms with van der Waals surface area (Å²) in [5.74, 6) is 0.0309. The third-order valence-electron chi connectivity index (χ3n) is 3.47. The second-order valence-corrected chi connectivity index (χ2v) is 7.42. The number of hydrogen-bond acceptors (Lipinski definition) is 4. The van der Waals surface area contributed by atoms with Gasteiger partial charge in [-0.25, -0.2) is 8.42 Å². The summed E-state index contributed by atoms with van der Waals surface area (Å²) in [5, 5.41) is 12.4. The normalized spacial score (nSPS) is 11.0. The van der Waals surface area contributed by atoms with E-state index in [4.69, 9.17) is 5.26 Å². The second-order valence-electron chi connectivity index (χ2n) is 5.28. The van der Waals surface area contributed by atoms with Gasteiger partial charge in [-0.15, -0.1) is 0 Å². The Morgan fingerprint density at radius 1 is 1.09 bits per heavy atom. The molecular weight excluding hydrogens is 296 g/mol. The highest BCUT2D eigenvalue weighted by Crippen LogP contribution is 2.22. The SMILES string of the molecule is Cc1c(CS(C)(=O)=O)cccc1NCc1ccccc1C#N. The Kier molecular flexibility index (Phi) is 4.84. The maximum absolute atomic E-state index is 11.5. The van der Waals surface area contributed by atoms with Crippen LogP contribution in [0.2, 0.25) is 0 Å². The lowest BCUT2D eigenvalue weighted by atomic mass is 10.1. The molecular formula is C17H18N2O2S. The van der Waals surface area contributed by atoms with Crippen LogP contribution in [0.1, 0.15) is 22.3 Å². The molecule has 0 heterocycles. The van der Waals surface area contributed by atoms with E-state index in [9.17, 15) is 8.42 Å². The minimum absolute atomic E-state index is 0.0309. The van der Waals surface area contributed by atoms with Gasteiger partial charge in [0.1, 0.15) is 0 Å². The summed E-state index contributed by atoms with van der Waals surface area (Å²) in [6.45, 7) is 2.42. The first kappa shape index (κ1) is 16.1. The minimum Gasteiger partial charge on any atom is -0.381 e. The van der Waals surface area contributed by atoms with Crippen molar-refractivity contribution in [2.45, 2.75) is 19.2 Å². The number of nitrogens with zero attached hydrogens (tertiary/aromatic N) is 1. The van der Waals surface area contributed by atoms with Gasteiger partial charge in [-0.1, -0.05) is 30.3 Å². The molecule has 0 unspecified atom stereocenters. The molecule has 5 heteroatoms. The summed E-state index contributed by atoms with van der Waals surface area (Å²) in [5.41, 5.74) is 4.15. The van der Waals surface area contributed by atoms with Crippen LogP contribution in [0.4, 0.5) is 5.69 Å². The Morgan fingerprint density at radius 2 is 1.77 bits per heavy atom. The Bertz CT molecular complexity index is 821. The fourth-order valence-corrected chi connectivity index (χ4v) is 3.17. The molecule has 0 aliphatic heterocycles. The average molecular weight is 314 g/mol. The minimum atomic E-state index is -3.07. The average Bonchev–Trinajstić information content (AvgIpc) is 2.47. The number of hydrogen-bond donors (Lipinski definition) is 1. The molecule has 0 amide bonds. The number of benzene rings is 2. The predicted octanol–water partition coefficient (Wildman–Crippen LogP) is 3.02. The lowest BCUT2D eigenvalue weighted by Gasteiger charge is -2.13. The fraction of sp³-hybridized carbons (Fsp3) is 0.235. The van der Waals surface area contributed by atoms with Gasteiger partial charge in [-0.3, -0.25) is 0 Å². The summed E-state index contributed by atoms with van der Waals surface area (Å²) in [7, 11) is -3.07. The van der Waals surface area contributed by atoms with E-state index >= 15 is 0 Å². The van der Waals surface area contributed by atoms with Gasteiger partial charge in [0.15, 0.2) is 9.84 Å². The van der Waals surface area contributed by atoms with E-state index in [0.717, 1.165) is 22.4 Å². The van der Waals surface area contributed by atoms with Gasteiger partial charge in [0.25, 0.3) is 0 Å². The standard InChI is InChI=1S/C17H18N2O2S/c1-13-16(12-22(2,20)21)8-5-9-17(13)19-11-15-7-4-3-6-14(15)10-18/h3-9,19H,11-12H2,1-2H3. The van der Waals surface area contributed by atoms with E-state index < -0.39 is 9.84 Å². The third-order valence-corrected chi connectivity index (χ3v) is 4.31. The number of nitriles is 1. The molecule has 22 heavy (non-hydrogen) atoms. The van der Waals surface area contributed by atoms with Gasteiger partial charge < -0.3 is 5.32 Å². The topological polar surface area (TPSA) is 70.0 Å². The van der Waals surface area contributed by atoms with Gasteiger partial charge in [-0.2, -0.15) is 5.26 Å². The number of rotatable bonds is 5. The largest absolute Gasteiger partial charge is 0.381 e. The maximum Gasteiger partial charge on any atom is 0.151 e. The number of nitrogens with one attached hydrogen (secondary N) is 1. The molecule has 2 rings (SSSR count). The first-order chi connectivity index (χ1) is 10.4. The Balaban J connectivity index is 2.21. The highest BCUT2D eigenvalue weighted by atomic mass is 32.2. The zero-order valence-corrected chi connectivity index (χ0v) is 13.4. The van der Waals surface area contributed by atoms with Crippen molar-refractivity contribution in [2.24, 2.45) is 0 Å². The summed E-state index contributed by atoms with van der Waals surface area (Å²) in [4.78, 5) is 0. The molecule has 0 atom stereocenters. The molecule has 0 radical (unpaired) electrons. The van der Waals surface area contributed by atoms with E-state index in [1.807, 2.05) is 43.3 Å². The zero-order chi connectivity index (χ0) is 16.2. The fourth-order valence-electron chi connectivity index (χ4n) is 2.29. The molecule has 0 bridgehead atoms. The van der Waals surface area contributed by atoms with E-state index in [-0.39, 0.29) is 5.75 Å². The van der Waals surface area contributed by atoms with Crippen molar-refractivity contribution in [1.82, 2.24) is 0 Å². The van der Waals surface area contributed by atoms with Crippen LogP contribution < -0.4 is 5.32 Å². The van der Waals surface area contributed by atoms with Crippen LogP contribution in [0, 0.1) is 18.3 Å². The molecule has 2 aromatic carbocycles. The van der Waals surface area contributed by atoms with Crippen LogP contribution in [0.3, 0.4) is 0 Å². The Labute approximate surface area is 131 Å². The molecule has 0 aromatic heterocycles. The lowest BCUT2D eigenvalue weighted by molar-refractivity contribution is 0.601. The molecule has 1 N–H and O–H groups in total. The molecule has 0 aliphatic rings. The third kappa shape index (κ3) is 4.09. The van der Waals surface area contributed by atoms with E-state index in [1.165, 1.54) is 6.26 Å². The predicted molar refractivity (Wildman–Crippen MR) is 88.2 cm³/mol. The van der Waals surface area contributed by atoms with Crippen molar-refractivity contribution in [3.63, 3.8) is 0 Å². The smallest absolute Gasteiger partial charge is 0.151 e. The maximum atomic E-state index is 11.5. The van der Waals surface area contributed by atoms with Crippen LogP contribution in [0.25, 0.3) is 0 Å². The van der Waals surface area contributed by atoms with Gasteiger partial charge in [-0.05, 0) is 35.7 Å². The molecule has 0 spiro atoms. The highest BCUT2D eigenvalue weighted by Gasteiger charge is 2.10. The van der Waals surface area contributed by atoms with Crippen LogP contribution in [-0.4, -0.2) is 14.7 Å². The van der Waals surface area contributed by atoms with Crippen LogP contribution in [0.5, 0.6) is 0 Å². The van der Waals surface area contributed by atoms with E-state index in [2.05, 4.69) is 11.4 Å². The lowest BCUT2D eigenvalue weighted by Crippen LogP contribution is -2.06. The van der Waals surface area contributed by atoms with Crippen molar-refractivity contribution in [2.75, 3.05) is 11.6 Å². The summed E-state index contributed by atoms with van der Waals surface area (Å²) < 4.78 is 22.9. The molecule has 0 fully saturated rings. The summed E-state index contributed by atoms with van der Waals surface area (Å²) in [6.07, 6.45) is 1.23. The molecule has 4 nitrogen and oxygen atoms in total. The number of sulfone groups is 1. The molecule has 114 valence electrons.